The summed E-state index contributed by atoms with van der Waals surface area (Å²) in [4.78, 5) is 16.6. The average molecular weight is 427 g/mol. The number of hydrogen-bond donors (Lipinski definition) is 0. The minimum atomic E-state index is 0.00199. The van der Waals surface area contributed by atoms with Crippen LogP contribution in [-0.2, 0) is 11.3 Å². The number of nitrogens with zero attached hydrogens (tertiary/aromatic N) is 6. The van der Waals surface area contributed by atoms with E-state index < -0.39 is 0 Å². The predicted octanol–water partition coefficient (Wildman–Crippen LogP) is 2.35. The summed E-state index contributed by atoms with van der Waals surface area (Å²) >= 11 is 5.96. The Hall–Kier alpha value is -2.97. The molecule has 1 saturated heterocycles. The van der Waals surface area contributed by atoms with E-state index >= 15 is 0 Å². The zero-order valence-electron chi connectivity index (χ0n) is 16.7. The Morgan fingerprint density at radius 3 is 2.60 bits per heavy atom. The summed E-state index contributed by atoms with van der Waals surface area (Å²) < 4.78 is 7.35. The van der Waals surface area contributed by atoms with Gasteiger partial charge in [0.25, 0.3) is 5.91 Å². The lowest BCUT2D eigenvalue weighted by Gasteiger charge is -2.34. The second-order valence-corrected chi connectivity index (χ2v) is 7.68. The summed E-state index contributed by atoms with van der Waals surface area (Å²) in [5.74, 6) is 1.47. The van der Waals surface area contributed by atoms with Crippen molar-refractivity contribution >= 4 is 17.5 Å². The molecule has 0 aliphatic carbocycles. The molecule has 2 aromatic carbocycles. The van der Waals surface area contributed by atoms with Crippen LogP contribution in [-0.4, -0.2) is 68.7 Å². The molecule has 1 aliphatic rings. The number of benzene rings is 2. The Morgan fingerprint density at radius 1 is 1.10 bits per heavy atom. The van der Waals surface area contributed by atoms with Gasteiger partial charge in [0.15, 0.2) is 12.4 Å². The largest absolute Gasteiger partial charge is 0.484 e. The van der Waals surface area contributed by atoms with E-state index in [1.807, 2.05) is 60.4 Å². The van der Waals surface area contributed by atoms with Crippen LogP contribution in [0.3, 0.4) is 0 Å². The van der Waals surface area contributed by atoms with Crippen molar-refractivity contribution in [1.29, 1.82) is 0 Å². The summed E-state index contributed by atoms with van der Waals surface area (Å²) in [5.41, 5.74) is 1.97. The molecule has 0 unspecified atom stereocenters. The fourth-order valence-corrected chi connectivity index (χ4v) is 3.51. The van der Waals surface area contributed by atoms with Gasteiger partial charge >= 0.3 is 0 Å². The summed E-state index contributed by atoms with van der Waals surface area (Å²) in [7, 11) is 0. The molecule has 0 bridgehead atoms. The monoisotopic (exact) mass is 426 g/mol. The molecule has 0 saturated carbocycles. The van der Waals surface area contributed by atoms with Gasteiger partial charge in [0, 0.05) is 31.2 Å². The Bertz CT molecular complexity index is 999. The molecule has 3 aromatic rings. The fraction of sp³-hybridized carbons (Fsp3) is 0.333. The molecular formula is C21H23ClN6O2. The van der Waals surface area contributed by atoms with Crippen LogP contribution >= 0.6 is 11.6 Å². The van der Waals surface area contributed by atoms with Crippen LogP contribution in [0, 0.1) is 6.92 Å². The summed E-state index contributed by atoms with van der Waals surface area (Å²) in [6.07, 6.45) is 0. The van der Waals surface area contributed by atoms with E-state index in [0.717, 1.165) is 35.9 Å². The van der Waals surface area contributed by atoms with Gasteiger partial charge in [-0.25, -0.2) is 0 Å². The van der Waals surface area contributed by atoms with Gasteiger partial charge in [0.2, 0.25) is 0 Å². The van der Waals surface area contributed by atoms with E-state index in [0.29, 0.717) is 24.7 Å². The number of amides is 1. The van der Waals surface area contributed by atoms with E-state index in [1.54, 1.807) is 4.68 Å². The zero-order chi connectivity index (χ0) is 20.9. The van der Waals surface area contributed by atoms with Crippen LogP contribution < -0.4 is 4.74 Å². The number of aryl methyl sites for hydroxylation is 1. The average Bonchev–Trinajstić information content (AvgIpc) is 3.21. The highest BCUT2D eigenvalue weighted by Crippen LogP contribution is 2.15. The van der Waals surface area contributed by atoms with Crippen molar-refractivity contribution in [1.82, 2.24) is 30.0 Å². The number of carbonyl (C=O) groups excluding carboxylic acids is 1. The van der Waals surface area contributed by atoms with Crippen LogP contribution in [0.5, 0.6) is 5.75 Å². The molecule has 0 N–H and O–H groups in total. The molecule has 9 heteroatoms. The van der Waals surface area contributed by atoms with Gasteiger partial charge in [-0.05, 0) is 59.3 Å². The molecule has 156 valence electrons. The van der Waals surface area contributed by atoms with Crippen molar-refractivity contribution in [3.05, 3.63) is 64.9 Å². The van der Waals surface area contributed by atoms with Gasteiger partial charge in [-0.2, -0.15) is 4.68 Å². The van der Waals surface area contributed by atoms with Crippen molar-refractivity contribution < 1.29 is 9.53 Å². The van der Waals surface area contributed by atoms with Gasteiger partial charge in [-0.15, -0.1) is 5.10 Å². The maximum absolute atomic E-state index is 12.5. The smallest absolute Gasteiger partial charge is 0.260 e. The molecule has 4 rings (SSSR count). The first kappa shape index (κ1) is 20.3. The number of hydrogen-bond acceptors (Lipinski definition) is 6. The van der Waals surface area contributed by atoms with Crippen LogP contribution in [0.4, 0.5) is 0 Å². The maximum atomic E-state index is 12.5. The Kier molecular flexibility index (Phi) is 6.25. The molecule has 30 heavy (non-hydrogen) atoms. The van der Waals surface area contributed by atoms with Crippen molar-refractivity contribution in [2.45, 2.75) is 13.5 Å². The molecule has 1 aliphatic heterocycles. The Labute approximate surface area is 180 Å². The first-order valence-electron chi connectivity index (χ1n) is 9.81. The fourth-order valence-electron chi connectivity index (χ4n) is 3.38. The quantitative estimate of drug-likeness (QED) is 0.602. The Balaban J connectivity index is 1.28. The van der Waals surface area contributed by atoms with E-state index in [9.17, 15) is 4.79 Å². The normalized spacial score (nSPS) is 14.7. The second kappa shape index (κ2) is 9.23. The van der Waals surface area contributed by atoms with Crippen LogP contribution in [0.25, 0.3) is 5.69 Å². The topological polar surface area (TPSA) is 76.4 Å². The lowest BCUT2D eigenvalue weighted by atomic mass is 10.2. The number of aromatic nitrogens is 4. The third-order valence-electron chi connectivity index (χ3n) is 5.05. The van der Waals surface area contributed by atoms with E-state index in [1.165, 1.54) is 0 Å². The highest BCUT2D eigenvalue weighted by Gasteiger charge is 2.23. The molecule has 1 fully saturated rings. The number of piperazine rings is 1. The van der Waals surface area contributed by atoms with Crippen LogP contribution in [0.15, 0.2) is 48.5 Å². The maximum Gasteiger partial charge on any atom is 0.260 e. The molecule has 0 atom stereocenters. The molecule has 0 spiro atoms. The molecule has 2 heterocycles. The first-order valence-corrected chi connectivity index (χ1v) is 10.2. The number of rotatable bonds is 6. The first-order chi connectivity index (χ1) is 14.6. The van der Waals surface area contributed by atoms with Crippen molar-refractivity contribution in [3.63, 3.8) is 0 Å². The Morgan fingerprint density at radius 2 is 1.87 bits per heavy atom. The van der Waals surface area contributed by atoms with Crippen molar-refractivity contribution in [3.8, 4) is 11.4 Å². The second-order valence-electron chi connectivity index (χ2n) is 7.25. The predicted molar refractivity (Wildman–Crippen MR) is 113 cm³/mol. The molecule has 0 radical (unpaired) electrons. The summed E-state index contributed by atoms with van der Waals surface area (Å²) in [6, 6.07) is 15.1. The highest BCUT2D eigenvalue weighted by molar-refractivity contribution is 6.30. The van der Waals surface area contributed by atoms with Gasteiger partial charge in [-0.1, -0.05) is 23.7 Å². The van der Waals surface area contributed by atoms with Crippen molar-refractivity contribution in [2.75, 3.05) is 32.8 Å². The van der Waals surface area contributed by atoms with Crippen molar-refractivity contribution in [2.24, 2.45) is 0 Å². The highest BCUT2D eigenvalue weighted by atomic mass is 35.5. The van der Waals surface area contributed by atoms with Gasteiger partial charge < -0.3 is 9.64 Å². The molecular weight excluding hydrogens is 404 g/mol. The van der Waals surface area contributed by atoms with E-state index in [-0.39, 0.29) is 12.5 Å². The van der Waals surface area contributed by atoms with E-state index in [4.69, 9.17) is 16.3 Å². The third kappa shape index (κ3) is 4.95. The minimum absolute atomic E-state index is 0.00199. The van der Waals surface area contributed by atoms with Crippen LogP contribution in [0.1, 0.15) is 11.4 Å². The van der Waals surface area contributed by atoms with Gasteiger partial charge in [-0.3, -0.25) is 9.69 Å². The molecule has 1 aromatic heterocycles. The third-order valence-corrected chi connectivity index (χ3v) is 5.30. The number of halogens is 1. The van der Waals surface area contributed by atoms with Gasteiger partial charge in [0.05, 0.1) is 12.2 Å². The van der Waals surface area contributed by atoms with Gasteiger partial charge in [0.1, 0.15) is 5.75 Å². The van der Waals surface area contributed by atoms with Crippen LogP contribution in [0.2, 0.25) is 5.02 Å². The minimum Gasteiger partial charge on any atom is -0.484 e. The zero-order valence-corrected chi connectivity index (χ0v) is 17.5. The SMILES string of the molecule is Cc1cccc(OCC(=O)N2CCN(Cc3nnnn3-c3ccc(Cl)cc3)CC2)c1. The molecule has 8 nitrogen and oxygen atoms in total. The standard InChI is InChI=1S/C21H23ClN6O2/c1-16-3-2-4-19(13-16)30-15-21(29)27-11-9-26(10-12-27)14-20-23-24-25-28(20)18-7-5-17(22)6-8-18/h2-8,13H,9-12,14-15H2,1H3. The number of carbonyl (C=O) groups is 1. The molecule has 1 amide bonds. The summed E-state index contributed by atoms with van der Waals surface area (Å²) in [5, 5.41) is 12.7. The van der Waals surface area contributed by atoms with E-state index in [2.05, 4.69) is 20.4 Å². The summed E-state index contributed by atoms with van der Waals surface area (Å²) in [6.45, 7) is 5.47. The lowest BCUT2D eigenvalue weighted by molar-refractivity contribution is -0.135. The number of ether oxygens (including phenoxy) is 1. The number of tetrazole rings is 1. The lowest BCUT2D eigenvalue weighted by Crippen LogP contribution is -2.49.